The Bertz CT molecular complexity index is 286. The molecule has 0 amide bonds. The molecular formula is C16H30N+. The van der Waals surface area contributed by atoms with Crippen LogP contribution in [0.5, 0.6) is 0 Å². The highest BCUT2D eigenvalue weighted by atomic mass is 15.4. The molecular weight excluding hydrogens is 206 g/mol. The van der Waals surface area contributed by atoms with Gasteiger partial charge >= 0.3 is 0 Å². The molecule has 0 aromatic rings. The second-order valence-electron chi connectivity index (χ2n) is 8.77. The van der Waals surface area contributed by atoms with E-state index in [0.717, 1.165) is 17.8 Å². The molecule has 0 heterocycles. The van der Waals surface area contributed by atoms with Crippen molar-refractivity contribution in [1.29, 1.82) is 0 Å². The van der Waals surface area contributed by atoms with E-state index < -0.39 is 0 Å². The SMILES string of the molecule is CC(C)(C)[N+](C)(C)C12CC3CC(CC(C3)C1)C2. The van der Waals surface area contributed by atoms with E-state index in [1.807, 2.05) is 0 Å². The van der Waals surface area contributed by atoms with Gasteiger partial charge in [-0.25, -0.2) is 0 Å². The summed E-state index contributed by atoms with van der Waals surface area (Å²) >= 11 is 0. The average molecular weight is 236 g/mol. The minimum absolute atomic E-state index is 0.381. The largest absolute Gasteiger partial charge is 0.319 e. The molecule has 4 bridgehead atoms. The smallest absolute Gasteiger partial charge is 0.1000 e. The van der Waals surface area contributed by atoms with Crippen molar-refractivity contribution in [2.45, 2.75) is 70.4 Å². The quantitative estimate of drug-likeness (QED) is 0.607. The van der Waals surface area contributed by atoms with Gasteiger partial charge in [0.15, 0.2) is 0 Å². The summed E-state index contributed by atoms with van der Waals surface area (Å²) < 4.78 is 1.24. The molecule has 1 heteroatoms. The van der Waals surface area contributed by atoms with Crippen molar-refractivity contribution < 1.29 is 4.48 Å². The van der Waals surface area contributed by atoms with Gasteiger partial charge in [0.05, 0.1) is 25.2 Å². The normalized spacial score (nSPS) is 45.4. The zero-order valence-corrected chi connectivity index (χ0v) is 12.4. The van der Waals surface area contributed by atoms with Crippen LogP contribution in [-0.4, -0.2) is 29.7 Å². The predicted molar refractivity (Wildman–Crippen MR) is 72.8 cm³/mol. The topological polar surface area (TPSA) is 0 Å². The van der Waals surface area contributed by atoms with Crippen LogP contribution in [0.3, 0.4) is 0 Å². The molecule has 98 valence electrons. The lowest BCUT2D eigenvalue weighted by Gasteiger charge is -2.65. The first-order valence-electron chi connectivity index (χ1n) is 7.58. The summed E-state index contributed by atoms with van der Waals surface area (Å²) in [7, 11) is 5.01. The van der Waals surface area contributed by atoms with E-state index >= 15 is 0 Å². The number of nitrogens with zero attached hydrogens (tertiary/aromatic N) is 1. The average Bonchev–Trinajstić information content (AvgIpc) is 2.12. The van der Waals surface area contributed by atoms with Crippen molar-refractivity contribution in [2.24, 2.45) is 17.8 Å². The summed E-state index contributed by atoms with van der Waals surface area (Å²) in [5, 5.41) is 0. The Labute approximate surface area is 107 Å². The lowest BCUT2D eigenvalue weighted by molar-refractivity contribution is -0.988. The first kappa shape index (κ1) is 12.0. The first-order valence-corrected chi connectivity index (χ1v) is 7.58. The van der Waals surface area contributed by atoms with Crippen molar-refractivity contribution in [3.8, 4) is 0 Å². The van der Waals surface area contributed by atoms with Crippen molar-refractivity contribution in [2.75, 3.05) is 14.1 Å². The van der Waals surface area contributed by atoms with Crippen LogP contribution in [0.1, 0.15) is 59.3 Å². The molecule has 0 saturated heterocycles. The summed E-state index contributed by atoms with van der Waals surface area (Å²) in [6.07, 6.45) is 9.23. The van der Waals surface area contributed by atoms with E-state index in [9.17, 15) is 0 Å². The van der Waals surface area contributed by atoms with Gasteiger partial charge in [-0.1, -0.05) is 0 Å². The summed E-state index contributed by atoms with van der Waals surface area (Å²) in [6, 6.07) is 0. The number of hydrogen-bond acceptors (Lipinski definition) is 0. The number of rotatable bonds is 1. The van der Waals surface area contributed by atoms with Gasteiger partial charge in [0.1, 0.15) is 0 Å². The van der Waals surface area contributed by atoms with E-state index in [1.165, 1.54) is 23.7 Å². The van der Waals surface area contributed by atoms with E-state index in [2.05, 4.69) is 34.9 Å². The van der Waals surface area contributed by atoms with Crippen molar-refractivity contribution in [3.05, 3.63) is 0 Å². The fraction of sp³-hybridized carbons (Fsp3) is 1.00. The van der Waals surface area contributed by atoms with Gasteiger partial charge < -0.3 is 4.48 Å². The van der Waals surface area contributed by atoms with Crippen LogP contribution in [0.25, 0.3) is 0 Å². The highest BCUT2D eigenvalue weighted by Gasteiger charge is 2.61. The Morgan fingerprint density at radius 1 is 0.824 bits per heavy atom. The maximum Gasteiger partial charge on any atom is 0.1000 e. The van der Waals surface area contributed by atoms with E-state index in [-0.39, 0.29) is 0 Å². The Hall–Kier alpha value is -0.0400. The third-order valence-corrected chi connectivity index (χ3v) is 6.87. The lowest BCUT2D eigenvalue weighted by Crippen LogP contribution is -2.72. The standard InChI is InChI=1S/C16H30N/c1-15(2,3)17(4,5)16-9-12-6-13(10-16)8-14(7-12)11-16/h12-14H,6-11H2,1-5H3/q+1. The van der Waals surface area contributed by atoms with Crippen LogP contribution in [0.2, 0.25) is 0 Å². The van der Waals surface area contributed by atoms with Crippen LogP contribution < -0.4 is 0 Å². The van der Waals surface area contributed by atoms with E-state index in [4.69, 9.17) is 0 Å². The van der Waals surface area contributed by atoms with E-state index in [0.29, 0.717) is 11.1 Å². The van der Waals surface area contributed by atoms with Crippen LogP contribution in [-0.2, 0) is 0 Å². The molecule has 0 N–H and O–H groups in total. The van der Waals surface area contributed by atoms with Crippen LogP contribution >= 0.6 is 0 Å². The summed E-state index contributed by atoms with van der Waals surface area (Å²) in [4.78, 5) is 0. The van der Waals surface area contributed by atoms with Gasteiger partial charge in [0, 0.05) is 19.3 Å². The fourth-order valence-corrected chi connectivity index (χ4v) is 5.46. The maximum absolute atomic E-state index is 2.51. The summed E-state index contributed by atoms with van der Waals surface area (Å²) in [5.74, 6) is 3.21. The molecule has 0 aromatic heterocycles. The van der Waals surface area contributed by atoms with Gasteiger partial charge in [-0.3, -0.25) is 0 Å². The third kappa shape index (κ3) is 1.54. The van der Waals surface area contributed by atoms with Gasteiger partial charge in [0.2, 0.25) is 0 Å². The van der Waals surface area contributed by atoms with Crippen LogP contribution in [0.15, 0.2) is 0 Å². The predicted octanol–water partition coefficient (Wildman–Crippen LogP) is 3.83. The molecule has 4 aliphatic carbocycles. The lowest BCUT2D eigenvalue weighted by atomic mass is 9.51. The molecule has 4 saturated carbocycles. The van der Waals surface area contributed by atoms with Crippen molar-refractivity contribution in [3.63, 3.8) is 0 Å². The molecule has 0 unspecified atom stereocenters. The fourth-order valence-electron chi connectivity index (χ4n) is 5.46. The molecule has 0 spiro atoms. The van der Waals surface area contributed by atoms with Crippen LogP contribution in [0.4, 0.5) is 0 Å². The van der Waals surface area contributed by atoms with Crippen LogP contribution in [0, 0.1) is 17.8 Å². The third-order valence-electron chi connectivity index (χ3n) is 6.87. The molecule has 4 aliphatic rings. The Morgan fingerprint density at radius 2 is 1.18 bits per heavy atom. The zero-order chi connectivity index (χ0) is 12.5. The summed E-state index contributed by atoms with van der Waals surface area (Å²) in [6.45, 7) is 7.31. The molecule has 4 fully saturated rings. The molecule has 0 aromatic carbocycles. The second-order valence-corrected chi connectivity index (χ2v) is 8.77. The highest BCUT2D eigenvalue weighted by molar-refractivity contribution is 5.04. The molecule has 1 nitrogen and oxygen atoms in total. The van der Waals surface area contributed by atoms with Crippen molar-refractivity contribution >= 4 is 0 Å². The maximum atomic E-state index is 2.51. The van der Waals surface area contributed by atoms with E-state index in [1.54, 1.807) is 19.3 Å². The van der Waals surface area contributed by atoms with Gasteiger partial charge in [0.25, 0.3) is 0 Å². The van der Waals surface area contributed by atoms with Gasteiger partial charge in [-0.05, 0) is 57.8 Å². The molecule has 0 aliphatic heterocycles. The molecule has 0 radical (unpaired) electrons. The minimum atomic E-state index is 0.381. The zero-order valence-electron chi connectivity index (χ0n) is 12.4. The van der Waals surface area contributed by atoms with Gasteiger partial charge in [-0.2, -0.15) is 0 Å². The summed E-state index contributed by atoms with van der Waals surface area (Å²) in [5.41, 5.74) is 0.999. The Kier molecular flexibility index (Phi) is 2.32. The van der Waals surface area contributed by atoms with Crippen molar-refractivity contribution in [1.82, 2.24) is 0 Å². The van der Waals surface area contributed by atoms with Gasteiger partial charge in [-0.15, -0.1) is 0 Å². The molecule has 4 rings (SSSR count). The number of hydrogen-bond donors (Lipinski definition) is 0. The first-order chi connectivity index (χ1) is 7.73. The molecule has 17 heavy (non-hydrogen) atoms. The monoisotopic (exact) mass is 236 g/mol. The Balaban J connectivity index is 1.97. The highest BCUT2D eigenvalue weighted by Crippen LogP contribution is 2.60. The number of quaternary nitrogens is 1. The Morgan fingerprint density at radius 3 is 1.47 bits per heavy atom. The minimum Gasteiger partial charge on any atom is -0.319 e. The molecule has 0 atom stereocenters. The second kappa shape index (κ2) is 3.29.